The number of allylic oxidation sites excluding steroid dienone is 1. The van der Waals surface area contributed by atoms with Gasteiger partial charge in [-0.1, -0.05) is 11.6 Å². The number of β-lactam (4-membered cyclic amide) rings is 1. The number of carboxylic acid groups (broad SMARTS) is 1. The predicted octanol–water partition coefficient (Wildman–Crippen LogP) is 3.14. The van der Waals surface area contributed by atoms with Crippen molar-refractivity contribution < 1.29 is 24.3 Å². The maximum Gasteiger partial charge on any atom is 0.352 e. The topological polar surface area (TPSA) is 107 Å². The van der Waals surface area contributed by atoms with Crippen molar-refractivity contribution in [2.75, 3.05) is 18.8 Å². The van der Waals surface area contributed by atoms with Gasteiger partial charge in [0.1, 0.15) is 17.1 Å². The van der Waals surface area contributed by atoms with Gasteiger partial charge in [-0.2, -0.15) is 0 Å². The molecule has 8 nitrogen and oxygen atoms in total. The third kappa shape index (κ3) is 6.00. The van der Waals surface area contributed by atoms with Gasteiger partial charge in [-0.3, -0.25) is 19.3 Å². The molecular formula is C26H28ClN3NaO5S2. The third-order valence-corrected chi connectivity index (χ3v) is 9.72. The number of rotatable bonds is 8. The second-order valence-corrected chi connectivity index (χ2v) is 13.5. The summed E-state index contributed by atoms with van der Waals surface area (Å²) in [6.07, 6.45) is 4.54. The summed E-state index contributed by atoms with van der Waals surface area (Å²) >= 11 is 8.69. The van der Waals surface area contributed by atoms with E-state index < -0.39 is 28.0 Å². The number of amides is 3. The van der Waals surface area contributed by atoms with Crippen LogP contribution in [0.1, 0.15) is 33.1 Å². The molecule has 0 spiro atoms. The zero-order chi connectivity index (χ0) is 26.5. The van der Waals surface area contributed by atoms with Crippen LogP contribution in [0.4, 0.5) is 0 Å². The molecule has 1 aliphatic carbocycles. The molecule has 0 unspecified atom stereocenters. The Morgan fingerprint density at radius 3 is 2.55 bits per heavy atom. The molecule has 1 saturated carbocycles. The number of likely N-dealkylation sites (tertiary alicyclic amines) is 1. The Morgan fingerprint density at radius 2 is 1.92 bits per heavy atom. The Kier molecular flexibility index (Phi) is 9.01. The standard InChI is InChI=1S/C26H28ClN3O5S2.Na/c1-26(2,37-18-7-5-17(27)6-8-18)25(35)28-19-22(32)30-20(24(33)34)16(13-36-23(19)30)11-15-9-10-29(21(15)31)12-14-3-4-14;/h5-8,11,14,19,23H,3-4,9-10,12-13H2,1-2H3,(H,28,35)(H,33,34);/t19-,23-;/m1./s1. The number of thioether (sulfide) groups is 2. The van der Waals surface area contributed by atoms with Gasteiger partial charge in [-0.15, -0.1) is 23.5 Å². The predicted molar refractivity (Wildman–Crippen MR) is 149 cm³/mol. The van der Waals surface area contributed by atoms with Crippen LogP contribution in [-0.4, -0.2) is 103 Å². The quantitative estimate of drug-likeness (QED) is 0.209. The van der Waals surface area contributed by atoms with Gasteiger partial charge in [0.25, 0.3) is 5.91 Å². The van der Waals surface area contributed by atoms with Crippen LogP contribution in [0.25, 0.3) is 0 Å². The van der Waals surface area contributed by atoms with Crippen LogP contribution in [0.2, 0.25) is 5.02 Å². The number of carbonyl (C=O) groups is 4. The van der Waals surface area contributed by atoms with E-state index >= 15 is 0 Å². The number of halogens is 1. The number of nitrogens with one attached hydrogen (secondary N) is 1. The van der Waals surface area contributed by atoms with E-state index in [1.54, 1.807) is 32.1 Å². The summed E-state index contributed by atoms with van der Waals surface area (Å²) in [5.74, 6) is -1.11. The van der Waals surface area contributed by atoms with Gasteiger partial charge >= 0.3 is 5.97 Å². The van der Waals surface area contributed by atoms with E-state index in [0.29, 0.717) is 40.8 Å². The first-order chi connectivity index (χ1) is 17.5. The Hall–Kier alpha value is -1.43. The number of aliphatic carboxylic acids is 1. The smallest absolute Gasteiger partial charge is 0.352 e. The molecule has 12 heteroatoms. The van der Waals surface area contributed by atoms with Crippen LogP contribution < -0.4 is 5.32 Å². The molecule has 2 saturated heterocycles. The molecule has 1 radical (unpaired) electrons. The number of carbonyl (C=O) groups excluding carboxylic acids is 3. The first kappa shape index (κ1) is 29.6. The SMILES string of the molecule is CC(C)(Sc1ccc(Cl)cc1)C(=O)N[C@@H]1C(=O)N2C(C(=O)O)=C(C=C3CCN(CC4CC4)C3=O)CS[C@H]12.[Na]. The molecule has 197 valence electrons. The first-order valence-electron chi connectivity index (χ1n) is 12.2. The molecule has 1 aromatic rings. The number of nitrogens with zero attached hydrogens (tertiary/aromatic N) is 2. The molecular weight excluding hydrogens is 557 g/mol. The van der Waals surface area contributed by atoms with Gasteiger partial charge in [-0.25, -0.2) is 4.79 Å². The summed E-state index contributed by atoms with van der Waals surface area (Å²) < 4.78 is -0.871. The minimum Gasteiger partial charge on any atom is -0.477 e. The Labute approximate surface area is 257 Å². The first-order valence-corrected chi connectivity index (χ1v) is 14.5. The second kappa shape index (κ2) is 11.6. The average Bonchev–Trinajstić information content (AvgIpc) is 3.61. The van der Waals surface area contributed by atoms with Crippen LogP contribution >= 0.6 is 35.1 Å². The van der Waals surface area contributed by atoms with Crippen molar-refractivity contribution in [2.24, 2.45) is 5.92 Å². The summed E-state index contributed by atoms with van der Waals surface area (Å²) in [6, 6.07) is 6.35. The van der Waals surface area contributed by atoms with Gasteiger partial charge in [0.15, 0.2) is 0 Å². The summed E-state index contributed by atoms with van der Waals surface area (Å²) in [4.78, 5) is 55.1. The molecule has 5 rings (SSSR count). The summed E-state index contributed by atoms with van der Waals surface area (Å²) in [5, 5.41) is 12.9. The second-order valence-electron chi connectivity index (χ2n) is 10.2. The number of carboxylic acids is 1. The molecule has 3 fully saturated rings. The van der Waals surface area contributed by atoms with E-state index in [4.69, 9.17) is 11.6 Å². The molecule has 3 heterocycles. The van der Waals surface area contributed by atoms with Crippen molar-refractivity contribution in [1.29, 1.82) is 0 Å². The summed E-state index contributed by atoms with van der Waals surface area (Å²) in [5.41, 5.74) is 0.948. The molecule has 0 bridgehead atoms. The number of fused-ring (bicyclic) bond motifs is 1. The molecule has 3 aliphatic heterocycles. The number of benzene rings is 1. The number of hydrogen-bond acceptors (Lipinski definition) is 6. The summed E-state index contributed by atoms with van der Waals surface area (Å²) in [7, 11) is 0. The minimum absolute atomic E-state index is 0. The van der Waals surface area contributed by atoms with Gasteiger partial charge < -0.3 is 15.3 Å². The van der Waals surface area contributed by atoms with E-state index in [1.165, 1.54) is 28.4 Å². The largest absolute Gasteiger partial charge is 0.477 e. The monoisotopic (exact) mass is 584 g/mol. The van der Waals surface area contributed by atoms with Crippen LogP contribution in [0.15, 0.2) is 52.1 Å². The molecule has 38 heavy (non-hydrogen) atoms. The van der Waals surface area contributed by atoms with Crippen molar-refractivity contribution in [1.82, 2.24) is 15.1 Å². The van der Waals surface area contributed by atoms with Gasteiger partial charge in [0.2, 0.25) is 11.8 Å². The van der Waals surface area contributed by atoms with Crippen molar-refractivity contribution in [3.8, 4) is 0 Å². The van der Waals surface area contributed by atoms with Gasteiger partial charge in [-0.05, 0) is 74.9 Å². The van der Waals surface area contributed by atoms with E-state index in [1.807, 2.05) is 17.0 Å². The van der Waals surface area contributed by atoms with E-state index in [9.17, 15) is 24.3 Å². The van der Waals surface area contributed by atoms with Gasteiger partial charge in [0, 0.05) is 63.9 Å². The fourth-order valence-corrected chi connectivity index (χ4v) is 7.15. The molecule has 1 aromatic carbocycles. The Bertz CT molecular complexity index is 1230. The molecule has 3 amide bonds. The van der Waals surface area contributed by atoms with E-state index in [-0.39, 0.29) is 47.1 Å². The Balaban J connectivity index is 0.00000336. The molecule has 4 aliphatic rings. The molecule has 0 aromatic heterocycles. The summed E-state index contributed by atoms with van der Waals surface area (Å²) in [6.45, 7) is 4.95. The maximum atomic E-state index is 13.1. The molecule has 2 atom stereocenters. The number of hydrogen-bond donors (Lipinski definition) is 2. The normalized spacial score (nSPS) is 24.2. The van der Waals surface area contributed by atoms with Crippen molar-refractivity contribution in [3.63, 3.8) is 0 Å². The fourth-order valence-electron chi connectivity index (χ4n) is 4.71. The third-order valence-electron chi connectivity index (χ3n) is 6.96. The molecule has 2 N–H and O–H groups in total. The Morgan fingerprint density at radius 1 is 1.24 bits per heavy atom. The fraction of sp³-hybridized carbons (Fsp3) is 0.462. The maximum absolute atomic E-state index is 13.1. The van der Waals surface area contributed by atoms with Crippen LogP contribution in [0.5, 0.6) is 0 Å². The van der Waals surface area contributed by atoms with Crippen LogP contribution in [0, 0.1) is 5.92 Å². The van der Waals surface area contributed by atoms with E-state index in [2.05, 4.69) is 5.32 Å². The van der Waals surface area contributed by atoms with Crippen molar-refractivity contribution in [2.45, 2.75) is 54.2 Å². The van der Waals surface area contributed by atoms with Crippen LogP contribution in [0.3, 0.4) is 0 Å². The van der Waals surface area contributed by atoms with E-state index in [0.717, 1.165) is 24.3 Å². The zero-order valence-electron chi connectivity index (χ0n) is 21.5. The minimum atomic E-state index is -1.21. The average molecular weight is 585 g/mol. The zero-order valence-corrected chi connectivity index (χ0v) is 25.9. The van der Waals surface area contributed by atoms with Gasteiger partial charge in [0.05, 0.1) is 4.75 Å². The van der Waals surface area contributed by atoms with Crippen LogP contribution in [-0.2, 0) is 19.2 Å². The van der Waals surface area contributed by atoms with Crippen molar-refractivity contribution >= 4 is 88.4 Å². The van der Waals surface area contributed by atoms with Crippen molar-refractivity contribution in [3.05, 3.63) is 52.2 Å².